The number of anilines is 1. The van der Waals surface area contributed by atoms with Crippen molar-refractivity contribution in [2.45, 2.75) is 17.9 Å². The van der Waals surface area contributed by atoms with Crippen LogP contribution in [0.2, 0.25) is 0 Å². The van der Waals surface area contributed by atoms with Crippen LogP contribution in [0.3, 0.4) is 0 Å². The molecule has 0 bridgehead atoms. The number of nitrogens with one attached hydrogen (secondary N) is 1. The Morgan fingerprint density at radius 3 is 2.61 bits per heavy atom. The molecule has 1 fully saturated rings. The number of hydrogen-bond acceptors (Lipinski definition) is 5. The first-order valence-corrected chi connectivity index (χ1v) is 10.2. The van der Waals surface area contributed by atoms with Gasteiger partial charge in [0.05, 0.1) is 18.1 Å². The number of sulfonamides is 1. The Kier molecular flexibility index (Phi) is 6.28. The van der Waals surface area contributed by atoms with Crippen LogP contribution in [0.15, 0.2) is 53.4 Å². The summed E-state index contributed by atoms with van der Waals surface area (Å²) in [4.78, 5) is 12.4. The minimum atomic E-state index is -3.67. The number of rotatable bonds is 6. The Balaban J connectivity index is 1.70. The Morgan fingerprint density at radius 1 is 1.18 bits per heavy atom. The zero-order valence-electron chi connectivity index (χ0n) is 15.3. The number of para-hydroxylation sites is 1. The highest BCUT2D eigenvalue weighted by Crippen LogP contribution is 2.21. The number of ether oxygens (including phenoxy) is 2. The largest absolute Gasteiger partial charge is 0.478 e. The standard InChI is InChI=1S/C19H21FN2O5S/c1-14(27-18-8-3-2-7-17(18)20)19(23)21-15-5-4-6-16(13-15)28(24,25)22-9-11-26-12-10-22/h2-8,13-14H,9-12H2,1H3,(H,21,23)/t14-/m1/s1. The second kappa shape index (κ2) is 8.68. The minimum absolute atomic E-state index is 0.0335. The molecule has 2 aromatic carbocycles. The Morgan fingerprint density at radius 2 is 1.89 bits per heavy atom. The lowest BCUT2D eigenvalue weighted by Crippen LogP contribution is -2.40. The van der Waals surface area contributed by atoms with Crippen LogP contribution in [0.4, 0.5) is 10.1 Å². The molecule has 1 heterocycles. The van der Waals surface area contributed by atoms with Gasteiger partial charge in [0.1, 0.15) is 0 Å². The van der Waals surface area contributed by atoms with E-state index in [1.807, 2.05) is 0 Å². The lowest BCUT2D eigenvalue weighted by Gasteiger charge is -2.26. The number of carbonyl (C=O) groups is 1. The van der Waals surface area contributed by atoms with Crippen molar-refractivity contribution in [2.24, 2.45) is 0 Å². The molecular formula is C19H21FN2O5S. The minimum Gasteiger partial charge on any atom is -0.478 e. The van der Waals surface area contributed by atoms with Gasteiger partial charge in [-0.2, -0.15) is 4.31 Å². The monoisotopic (exact) mass is 408 g/mol. The molecule has 0 spiro atoms. The van der Waals surface area contributed by atoms with Crippen LogP contribution in [0.25, 0.3) is 0 Å². The molecular weight excluding hydrogens is 387 g/mol. The normalized spacial score (nSPS) is 16.4. The molecule has 0 saturated carbocycles. The topological polar surface area (TPSA) is 84.9 Å². The van der Waals surface area contributed by atoms with Gasteiger partial charge in [-0.3, -0.25) is 4.79 Å². The maximum absolute atomic E-state index is 13.7. The van der Waals surface area contributed by atoms with Crippen molar-refractivity contribution in [3.63, 3.8) is 0 Å². The van der Waals surface area contributed by atoms with Crippen LogP contribution < -0.4 is 10.1 Å². The summed E-state index contributed by atoms with van der Waals surface area (Å²) in [6, 6.07) is 11.8. The first-order chi connectivity index (χ1) is 13.4. The molecule has 9 heteroatoms. The van der Waals surface area contributed by atoms with Crippen molar-refractivity contribution in [3.8, 4) is 5.75 Å². The van der Waals surface area contributed by atoms with Gasteiger partial charge in [0, 0.05) is 18.8 Å². The number of morpholine rings is 1. The lowest BCUT2D eigenvalue weighted by atomic mass is 10.3. The van der Waals surface area contributed by atoms with E-state index in [9.17, 15) is 17.6 Å². The molecule has 1 atom stereocenters. The average molecular weight is 408 g/mol. The predicted octanol–water partition coefficient (Wildman–Crippen LogP) is 2.25. The van der Waals surface area contributed by atoms with Crippen molar-refractivity contribution in [2.75, 3.05) is 31.6 Å². The Labute approximate surface area is 163 Å². The van der Waals surface area contributed by atoms with Crippen LogP contribution >= 0.6 is 0 Å². The van der Waals surface area contributed by atoms with Crippen molar-refractivity contribution in [1.82, 2.24) is 4.31 Å². The molecule has 28 heavy (non-hydrogen) atoms. The summed E-state index contributed by atoms with van der Waals surface area (Å²) in [5, 5.41) is 2.60. The molecule has 0 aromatic heterocycles. The fraction of sp³-hybridized carbons (Fsp3) is 0.316. The predicted molar refractivity (Wildman–Crippen MR) is 101 cm³/mol. The molecule has 2 aromatic rings. The fourth-order valence-corrected chi connectivity index (χ4v) is 4.15. The molecule has 150 valence electrons. The number of halogens is 1. The summed E-state index contributed by atoms with van der Waals surface area (Å²) in [6.07, 6.45) is -0.976. The van der Waals surface area contributed by atoms with Gasteiger partial charge in [-0.25, -0.2) is 12.8 Å². The summed E-state index contributed by atoms with van der Waals surface area (Å²) >= 11 is 0. The van der Waals surface area contributed by atoms with Gasteiger partial charge in [0.2, 0.25) is 10.0 Å². The van der Waals surface area contributed by atoms with E-state index in [2.05, 4.69) is 5.32 Å². The molecule has 1 N–H and O–H groups in total. The first-order valence-electron chi connectivity index (χ1n) is 8.78. The van der Waals surface area contributed by atoms with Crippen LogP contribution in [0.5, 0.6) is 5.75 Å². The first kappa shape index (κ1) is 20.2. The summed E-state index contributed by atoms with van der Waals surface area (Å²) < 4.78 is 51.0. The van der Waals surface area contributed by atoms with E-state index in [0.717, 1.165) is 0 Å². The van der Waals surface area contributed by atoms with Gasteiger partial charge in [-0.1, -0.05) is 18.2 Å². The van der Waals surface area contributed by atoms with Crippen molar-refractivity contribution in [1.29, 1.82) is 0 Å². The number of benzene rings is 2. The van der Waals surface area contributed by atoms with E-state index < -0.39 is 27.9 Å². The van der Waals surface area contributed by atoms with E-state index in [1.54, 1.807) is 18.2 Å². The molecule has 1 aliphatic heterocycles. The third kappa shape index (κ3) is 4.67. The fourth-order valence-electron chi connectivity index (χ4n) is 2.70. The van der Waals surface area contributed by atoms with Crippen molar-refractivity contribution >= 4 is 21.6 Å². The highest BCUT2D eigenvalue weighted by molar-refractivity contribution is 7.89. The maximum Gasteiger partial charge on any atom is 0.265 e. The van der Waals surface area contributed by atoms with E-state index in [4.69, 9.17) is 9.47 Å². The number of amides is 1. The maximum atomic E-state index is 13.7. The Bertz CT molecular complexity index is 945. The molecule has 0 aliphatic carbocycles. The third-order valence-electron chi connectivity index (χ3n) is 4.22. The van der Waals surface area contributed by atoms with Crippen molar-refractivity contribution < 1.29 is 27.1 Å². The van der Waals surface area contributed by atoms with Gasteiger partial charge in [0.25, 0.3) is 5.91 Å². The molecule has 1 amide bonds. The highest BCUT2D eigenvalue weighted by atomic mass is 32.2. The summed E-state index contributed by atoms with van der Waals surface area (Å²) in [5.41, 5.74) is 0.309. The number of hydrogen-bond donors (Lipinski definition) is 1. The van der Waals surface area contributed by atoms with E-state index in [1.165, 1.54) is 41.6 Å². The van der Waals surface area contributed by atoms with Crippen LogP contribution in [0, 0.1) is 5.82 Å². The highest BCUT2D eigenvalue weighted by Gasteiger charge is 2.26. The van der Waals surface area contributed by atoms with Crippen LogP contribution in [-0.2, 0) is 19.6 Å². The molecule has 1 saturated heterocycles. The second-order valence-electron chi connectivity index (χ2n) is 6.22. The molecule has 0 unspecified atom stereocenters. The third-order valence-corrected chi connectivity index (χ3v) is 6.11. The summed E-state index contributed by atoms with van der Waals surface area (Å²) in [7, 11) is -3.67. The zero-order valence-corrected chi connectivity index (χ0v) is 16.1. The summed E-state index contributed by atoms with van der Waals surface area (Å²) in [6.45, 7) is 2.75. The smallest absolute Gasteiger partial charge is 0.265 e. The van der Waals surface area contributed by atoms with Crippen molar-refractivity contribution in [3.05, 3.63) is 54.3 Å². The van der Waals surface area contributed by atoms with E-state index in [-0.39, 0.29) is 23.7 Å². The number of carbonyl (C=O) groups excluding carboxylic acids is 1. The Hall–Kier alpha value is -2.49. The van der Waals surface area contributed by atoms with Crippen LogP contribution in [-0.4, -0.2) is 51.0 Å². The van der Waals surface area contributed by atoms with Gasteiger partial charge >= 0.3 is 0 Å². The average Bonchev–Trinajstić information content (AvgIpc) is 2.70. The quantitative estimate of drug-likeness (QED) is 0.793. The summed E-state index contributed by atoms with van der Waals surface area (Å²) in [5.74, 6) is -1.13. The van der Waals surface area contributed by atoms with Gasteiger partial charge < -0.3 is 14.8 Å². The van der Waals surface area contributed by atoms with E-state index in [0.29, 0.717) is 18.9 Å². The molecule has 3 rings (SSSR count). The molecule has 1 aliphatic rings. The van der Waals surface area contributed by atoms with Gasteiger partial charge in [-0.15, -0.1) is 0 Å². The van der Waals surface area contributed by atoms with Gasteiger partial charge in [0.15, 0.2) is 17.7 Å². The van der Waals surface area contributed by atoms with Gasteiger partial charge in [-0.05, 0) is 37.3 Å². The van der Waals surface area contributed by atoms with Crippen LogP contribution in [0.1, 0.15) is 6.92 Å². The zero-order chi connectivity index (χ0) is 20.1. The van der Waals surface area contributed by atoms with E-state index >= 15 is 0 Å². The number of nitrogens with zero attached hydrogens (tertiary/aromatic N) is 1. The molecule has 0 radical (unpaired) electrons. The lowest BCUT2D eigenvalue weighted by molar-refractivity contribution is -0.122. The second-order valence-corrected chi connectivity index (χ2v) is 8.16. The molecule has 7 nitrogen and oxygen atoms in total. The SMILES string of the molecule is C[C@@H](Oc1ccccc1F)C(=O)Nc1cccc(S(=O)(=O)N2CCOCC2)c1.